The van der Waals surface area contributed by atoms with Crippen LogP contribution in [-0.2, 0) is 4.74 Å². The van der Waals surface area contributed by atoms with Crippen LogP contribution in [0.4, 0.5) is 10.7 Å². The van der Waals surface area contributed by atoms with Crippen LogP contribution in [0.2, 0.25) is 0 Å². The number of nitrogens with one attached hydrogen (secondary N) is 1. The third kappa shape index (κ3) is 2.25. The lowest BCUT2D eigenvalue weighted by molar-refractivity contribution is 0.0607. The fourth-order valence-corrected chi connectivity index (χ4v) is 3.08. The van der Waals surface area contributed by atoms with Gasteiger partial charge >= 0.3 is 5.97 Å². The van der Waals surface area contributed by atoms with E-state index in [1.165, 1.54) is 18.4 Å². The van der Waals surface area contributed by atoms with Gasteiger partial charge in [0.15, 0.2) is 5.75 Å². The van der Waals surface area contributed by atoms with Crippen LogP contribution in [0.3, 0.4) is 0 Å². The van der Waals surface area contributed by atoms with Gasteiger partial charge in [-0.15, -0.1) is 11.3 Å². The Kier molecular flexibility index (Phi) is 3.65. The zero-order valence-electron chi connectivity index (χ0n) is 10.8. The van der Waals surface area contributed by atoms with Crippen molar-refractivity contribution in [2.24, 2.45) is 5.92 Å². The Morgan fingerprint density at radius 3 is 2.78 bits per heavy atom. The van der Waals surface area contributed by atoms with Crippen LogP contribution >= 0.6 is 11.3 Å². The Labute approximate surface area is 110 Å². The minimum Gasteiger partial charge on any atom is -0.492 e. The lowest BCUT2D eigenvalue weighted by Gasteiger charge is -2.05. The lowest BCUT2D eigenvalue weighted by Crippen LogP contribution is -2.04. The molecular formula is C12H18N2O3S. The number of thiophene rings is 1. The van der Waals surface area contributed by atoms with Crippen molar-refractivity contribution in [3.05, 3.63) is 4.88 Å². The largest absolute Gasteiger partial charge is 0.492 e. The summed E-state index contributed by atoms with van der Waals surface area (Å²) in [6.07, 6.45) is 2.32. The molecule has 0 bridgehead atoms. The molecule has 2 rings (SSSR count). The van der Waals surface area contributed by atoms with Gasteiger partial charge in [-0.25, -0.2) is 4.79 Å². The van der Waals surface area contributed by atoms with Crippen LogP contribution in [0.5, 0.6) is 5.75 Å². The maximum absolute atomic E-state index is 11.6. The van der Waals surface area contributed by atoms with Crippen molar-refractivity contribution in [1.82, 2.24) is 0 Å². The maximum atomic E-state index is 11.6. The van der Waals surface area contributed by atoms with Crippen molar-refractivity contribution >= 4 is 28.0 Å². The molecule has 18 heavy (non-hydrogen) atoms. The van der Waals surface area contributed by atoms with Gasteiger partial charge < -0.3 is 20.5 Å². The molecule has 6 heteroatoms. The second kappa shape index (κ2) is 5.06. The Morgan fingerprint density at radius 1 is 1.56 bits per heavy atom. The number of nitrogen functional groups attached to an aromatic ring is 1. The quantitative estimate of drug-likeness (QED) is 0.803. The van der Waals surface area contributed by atoms with E-state index in [1.807, 2.05) is 0 Å². The van der Waals surface area contributed by atoms with Gasteiger partial charge in [0.25, 0.3) is 0 Å². The van der Waals surface area contributed by atoms with Gasteiger partial charge in [-0.2, -0.15) is 0 Å². The van der Waals surface area contributed by atoms with Crippen molar-refractivity contribution in [3.8, 4) is 5.75 Å². The number of methoxy groups -OCH3 is 2. The minimum atomic E-state index is -0.424. The molecule has 1 fully saturated rings. The molecule has 0 saturated heterocycles. The molecule has 0 aliphatic heterocycles. The maximum Gasteiger partial charge on any atom is 0.350 e. The van der Waals surface area contributed by atoms with Crippen LogP contribution in [0.1, 0.15) is 29.4 Å². The fraction of sp³-hybridized carbons (Fsp3) is 0.583. The van der Waals surface area contributed by atoms with Crippen molar-refractivity contribution < 1.29 is 14.3 Å². The van der Waals surface area contributed by atoms with E-state index in [4.69, 9.17) is 15.2 Å². The van der Waals surface area contributed by atoms with Crippen LogP contribution in [0, 0.1) is 5.92 Å². The second-order valence-corrected chi connectivity index (χ2v) is 5.37. The number of esters is 1. The number of ether oxygens (including phenoxy) is 2. The Morgan fingerprint density at radius 2 is 2.28 bits per heavy atom. The molecule has 0 spiro atoms. The van der Waals surface area contributed by atoms with Crippen molar-refractivity contribution in [2.75, 3.05) is 25.3 Å². The molecule has 5 nitrogen and oxygen atoms in total. The molecule has 1 aromatic rings. The third-order valence-electron chi connectivity index (χ3n) is 3.24. The summed E-state index contributed by atoms with van der Waals surface area (Å²) in [5.74, 6) is 0.827. The van der Waals surface area contributed by atoms with Gasteiger partial charge in [-0.1, -0.05) is 13.3 Å². The fourth-order valence-electron chi connectivity index (χ4n) is 2.01. The number of anilines is 2. The topological polar surface area (TPSA) is 73.6 Å². The summed E-state index contributed by atoms with van der Waals surface area (Å²) >= 11 is 1.29. The van der Waals surface area contributed by atoms with Gasteiger partial charge in [0.1, 0.15) is 15.6 Å². The van der Waals surface area contributed by atoms with Crippen LogP contribution in [0.15, 0.2) is 0 Å². The van der Waals surface area contributed by atoms with E-state index in [2.05, 4.69) is 12.2 Å². The van der Waals surface area contributed by atoms with Crippen LogP contribution in [-0.4, -0.2) is 26.2 Å². The van der Waals surface area contributed by atoms with E-state index >= 15 is 0 Å². The van der Waals surface area contributed by atoms with E-state index < -0.39 is 5.97 Å². The Hall–Kier alpha value is -1.43. The van der Waals surface area contributed by atoms with Gasteiger partial charge in [0.2, 0.25) is 0 Å². The first kappa shape index (κ1) is 13.0. The molecule has 1 aliphatic carbocycles. The highest BCUT2D eigenvalue weighted by molar-refractivity contribution is 7.19. The molecule has 2 atom stereocenters. The van der Waals surface area contributed by atoms with Crippen molar-refractivity contribution in [2.45, 2.75) is 25.8 Å². The summed E-state index contributed by atoms with van der Waals surface area (Å²) in [5.41, 5.74) is 6.25. The zero-order chi connectivity index (χ0) is 13.3. The zero-order valence-corrected chi connectivity index (χ0v) is 11.6. The number of hydrogen-bond donors (Lipinski definition) is 2. The summed E-state index contributed by atoms with van der Waals surface area (Å²) < 4.78 is 9.97. The van der Waals surface area contributed by atoms with Gasteiger partial charge in [-0.05, 0) is 12.3 Å². The van der Waals surface area contributed by atoms with Gasteiger partial charge in [-0.3, -0.25) is 0 Å². The normalized spacial score (nSPS) is 21.5. The highest BCUT2D eigenvalue weighted by atomic mass is 32.1. The smallest absolute Gasteiger partial charge is 0.350 e. The number of rotatable bonds is 5. The first-order valence-corrected chi connectivity index (χ1v) is 6.75. The van der Waals surface area contributed by atoms with Crippen LogP contribution < -0.4 is 15.8 Å². The molecule has 0 radical (unpaired) electrons. The molecule has 0 aromatic carbocycles. The first-order valence-electron chi connectivity index (χ1n) is 5.93. The summed E-state index contributed by atoms with van der Waals surface area (Å²) in [6, 6.07) is 0.465. The van der Waals surface area contributed by atoms with E-state index in [-0.39, 0.29) is 0 Å². The third-order valence-corrected chi connectivity index (χ3v) is 4.34. The highest BCUT2D eigenvalue weighted by Crippen LogP contribution is 2.46. The number of hydrogen-bond acceptors (Lipinski definition) is 6. The first-order chi connectivity index (χ1) is 8.62. The van der Waals surface area contributed by atoms with Crippen LogP contribution in [0.25, 0.3) is 0 Å². The van der Waals surface area contributed by atoms with E-state index in [9.17, 15) is 4.79 Å². The molecule has 100 valence electrons. The van der Waals surface area contributed by atoms with E-state index in [1.54, 1.807) is 7.11 Å². The lowest BCUT2D eigenvalue weighted by atomic mass is 10.3. The Balaban J connectivity index is 2.21. The van der Waals surface area contributed by atoms with Crippen molar-refractivity contribution in [1.29, 1.82) is 0 Å². The van der Waals surface area contributed by atoms with Gasteiger partial charge in [0, 0.05) is 6.04 Å². The average molecular weight is 270 g/mol. The molecule has 1 aliphatic rings. The van der Waals surface area contributed by atoms with E-state index in [0.29, 0.717) is 28.3 Å². The van der Waals surface area contributed by atoms with Gasteiger partial charge in [0.05, 0.1) is 14.2 Å². The molecule has 3 N–H and O–H groups in total. The summed E-state index contributed by atoms with van der Waals surface area (Å²) in [6.45, 7) is 2.17. The predicted octanol–water partition coefficient (Wildman–Crippen LogP) is 2.34. The summed E-state index contributed by atoms with van der Waals surface area (Å²) in [7, 11) is 2.89. The molecule has 1 saturated carbocycles. The monoisotopic (exact) mass is 270 g/mol. The van der Waals surface area contributed by atoms with E-state index in [0.717, 1.165) is 17.8 Å². The highest BCUT2D eigenvalue weighted by Gasteiger charge is 2.37. The summed E-state index contributed by atoms with van der Waals surface area (Å²) in [5, 5.41) is 4.20. The number of carbonyl (C=O) groups excluding carboxylic acids is 1. The SMILES string of the molecule is CCC1CC1Nc1sc(C(=O)OC)c(N)c1OC. The molecular weight excluding hydrogens is 252 g/mol. The molecule has 1 heterocycles. The second-order valence-electron chi connectivity index (χ2n) is 4.35. The Bertz CT molecular complexity index is 458. The average Bonchev–Trinajstić information content (AvgIpc) is 3.05. The minimum absolute atomic E-state index is 0.352. The molecule has 1 aromatic heterocycles. The number of carbonyl (C=O) groups is 1. The summed E-state index contributed by atoms with van der Waals surface area (Å²) in [4.78, 5) is 12.0. The number of nitrogens with two attached hydrogens (primary N) is 1. The molecule has 0 amide bonds. The predicted molar refractivity (Wildman–Crippen MR) is 72.4 cm³/mol. The van der Waals surface area contributed by atoms with Crippen molar-refractivity contribution in [3.63, 3.8) is 0 Å². The molecule has 2 unspecified atom stereocenters. The standard InChI is InChI=1S/C12H18N2O3S/c1-4-6-5-7(6)14-11-9(16-2)8(13)10(18-11)12(15)17-3/h6-7,14H,4-5,13H2,1-3H3.